The number of rotatable bonds is 6. The van der Waals surface area contributed by atoms with Crippen molar-refractivity contribution in [3.63, 3.8) is 0 Å². The highest BCUT2D eigenvalue weighted by molar-refractivity contribution is 6.30. The molecule has 2 N–H and O–H groups in total. The number of benzene rings is 2. The Hall–Kier alpha value is -3.30. The molecule has 1 aromatic heterocycles. The summed E-state index contributed by atoms with van der Waals surface area (Å²) in [5.74, 6) is -0.723. The van der Waals surface area contributed by atoms with Gasteiger partial charge in [-0.05, 0) is 44.4 Å². The van der Waals surface area contributed by atoms with E-state index in [1.807, 2.05) is 14.1 Å². The van der Waals surface area contributed by atoms with Crippen LogP contribution in [0, 0.1) is 11.6 Å². The van der Waals surface area contributed by atoms with Gasteiger partial charge in [0.25, 0.3) is 0 Å². The predicted molar refractivity (Wildman–Crippen MR) is 120 cm³/mol. The third-order valence-electron chi connectivity index (χ3n) is 4.34. The third-order valence-corrected chi connectivity index (χ3v) is 4.57. The van der Waals surface area contributed by atoms with Crippen molar-refractivity contribution >= 4 is 35.3 Å². The van der Waals surface area contributed by atoms with Gasteiger partial charge in [-0.15, -0.1) is 0 Å². The van der Waals surface area contributed by atoms with Gasteiger partial charge in [-0.3, -0.25) is 4.79 Å². The normalized spacial score (nSPS) is 13.0. The fourth-order valence-electron chi connectivity index (χ4n) is 2.85. The smallest absolute Gasteiger partial charge is 0.227 e. The number of carbonyl (C=O) groups is 1. The van der Waals surface area contributed by atoms with Crippen molar-refractivity contribution in [1.29, 1.82) is 0 Å². The third kappa shape index (κ3) is 5.89. The summed E-state index contributed by atoms with van der Waals surface area (Å²) < 4.78 is 33.6. The van der Waals surface area contributed by atoms with E-state index in [1.165, 1.54) is 12.1 Å². The van der Waals surface area contributed by atoms with E-state index >= 15 is 0 Å². The van der Waals surface area contributed by atoms with E-state index < -0.39 is 11.6 Å². The van der Waals surface area contributed by atoms with E-state index in [-0.39, 0.29) is 17.7 Å². The Bertz CT molecular complexity index is 1080. The fourth-order valence-corrected chi connectivity index (χ4v) is 3.01. The maximum Gasteiger partial charge on any atom is 0.227 e. The number of carbonyl (C=O) groups excluding carboxylic acids is 1. The molecule has 32 heavy (non-hydrogen) atoms. The summed E-state index contributed by atoms with van der Waals surface area (Å²) in [5.41, 5.74) is 0.989. The molecule has 1 saturated heterocycles. The van der Waals surface area contributed by atoms with E-state index in [4.69, 9.17) is 16.3 Å². The lowest BCUT2D eigenvalue weighted by Gasteiger charge is -2.39. The Morgan fingerprint density at radius 2 is 1.91 bits per heavy atom. The van der Waals surface area contributed by atoms with E-state index in [2.05, 4.69) is 20.6 Å². The molecular formula is C22H22ClF2N5O2. The molecule has 7 nitrogen and oxygen atoms in total. The van der Waals surface area contributed by atoms with Crippen molar-refractivity contribution in [1.82, 2.24) is 15.3 Å². The lowest BCUT2D eigenvalue weighted by atomic mass is 10.2. The second kappa shape index (κ2) is 10.8. The molecule has 1 fully saturated rings. The van der Waals surface area contributed by atoms with Crippen LogP contribution in [0.2, 0.25) is 5.02 Å². The molecular weight excluding hydrogens is 440 g/mol. The van der Waals surface area contributed by atoms with Crippen molar-refractivity contribution in [2.24, 2.45) is 0 Å². The Balaban J connectivity index is 0.000000913. The van der Waals surface area contributed by atoms with Crippen LogP contribution in [0.15, 0.2) is 48.7 Å². The molecule has 1 aliphatic heterocycles. The van der Waals surface area contributed by atoms with Crippen LogP contribution in [0.3, 0.4) is 0 Å². The summed E-state index contributed by atoms with van der Waals surface area (Å²) in [7, 11) is 3.75. The van der Waals surface area contributed by atoms with Gasteiger partial charge in [-0.2, -0.15) is 4.98 Å². The molecule has 0 amide bonds. The molecule has 0 saturated carbocycles. The standard InChI is InChI=1S/C20H15ClF2N4O2.C2H7N/c21-13-4-5-18(16(22)7-13)29-15-9-27(10-15)20-24-8-17(23)19(26-20)25-14-3-1-2-12(6-14)11-28;1-3-2/h1-8,11,15H,9-10H2,(H,24,25,26);3H,1-2H3. The molecule has 168 valence electrons. The number of ether oxygens (including phenoxy) is 1. The lowest BCUT2D eigenvalue weighted by Crippen LogP contribution is -2.54. The van der Waals surface area contributed by atoms with Crippen LogP contribution in [-0.4, -0.2) is 49.5 Å². The van der Waals surface area contributed by atoms with Crippen LogP contribution in [0.1, 0.15) is 10.4 Å². The predicted octanol–water partition coefficient (Wildman–Crippen LogP) is 4.07. The Morgan fingerprint density at radius 3 is 2.59 bits per heavy atom. The molecule has 0 atom stereocenters. The van der Waals surface area contributed by atoms with Gasteiger partial charge in [-0.1, -0.05) is 23.7 Å². The van der Waals surface area contributed by atoms with E-state index in [0.29, 0.717) is 41.6 Å². The molecule has 2 aromatic carbocycles. The maximum atomic E-state index is 14.1. The number of halogens is 3. The number of nitrogens with one attached hydrogen (secondary N) is 2. The molecule has 4 rings (SSSR count). The first kappa shape index (κ1) is 23.4. The lowest BCUT2D eigenvalue weighted by molar-refractivity contribution is 0.112. The Morgan fingerprint density at radius 1 is 1.16 bits per heavy atom. The minimum atomic E-state index is -0.623. The van der Waals surface area contributed by atoms with Crippen LogP contribution in [-0.2, 0) is 0 Å². The number of aldehydes is 1. The van der Waals surface area contributed by atoms with Crippen LogP contribution in [0.5, 0.6) is 5.75 Å². The topological polar surface area (TPSA) is 79.4 Å². The monoisotopic (exact) mass is 461 g/mol. The van der Waals surface area contributed by atoms with Gasteiger partial charge >= 0.3 is 0 Å². The first-order chi connectivity index (χ1) is 15.4. The second-order valence-corrected chi connectivity index (χ2v) is 7.39. The van der Waals surface area contributed by atoms with Crippen LogP contribution in [0.25, 0.3) is 0 Å². The SMILES string of the molecule is CNC.O=Cc1cccc(Nc2nc(N3CC(Oc4ccc(Cl)cc4F)C3)ncc2F)c1. The number of hydrogen-bond donors (Lipinski definition) is 2. The van der Waals surface area contributed by atoms with Gasteiger partial charge < -0.3 is 20.3 Å². The highest BCUT2D eigenvalue weighted by atomic mass is 35.5. The zero-order chi connectivity index (χ0) is 23.1. The van der Waals surface area contributed by atoms with Crippen molar-refractivity contribution in [3.05, 3.63) is 70.9 Å². The Kier molecular flexibility index (Phi) is 7.91. The highest BCUT2D eigenvalue weighted by Crippen LogP contribution is 2.27. The molecule has 0 radical (unpaired) electrons. The van der Waals surface area contributed by atoms with Crippen LogP contribution < -0.4 is 20.3 Å². The van der Waals surface area contributed by atoms with Crippen molar-refractivity contribution in [2.75, 3.05) is 37.4 Å². The van der Waals surface area contributed by atoms with Gasteiger partial charge in [0.2, 0.25) is 5.95 Å². The molecule has 10 heteroatoms. The molecule has 0 spiro atoms. The van der Waals surface area contributed by atoms with E-state index in [9.17, 15) is 13.6 Å². The molecule has 0 aliphatic carbocycles. The minimum absolute atomic E-state index is 0.00818. The first-order valence-corrected chi connectivity index (χ1v) is 10.1. The van der Waals surface area contributed by atoms with Crippen LogP contribution in [0.4, 0.5) is 26.2 Å². The zero-order valence-electron chi connectivity index (χ0n) is 17.5. The summed E-state index contributed by atoms with van der Waals surface area (Å²) in [6.07, 6.45) is 1.53. The van der Waals surface area contributed by atoms with Gasteiger partial charge in [0, 0.05) is 16.3 Å². The number of hydrogen-bond acceptors (Lipinski definition) is 7. The summed E-state index contributed by atoms with van der Waals surface area (Å²) >= 11 is 5.73. The quantitative estimate of drug-likeness (QED) is 0.536. The van der Waals surface area contributed by atoms with E-state index in [0.717, 1.165) is 6.20 Å². The summed E-state index contributed by atoms with van der Waals surface area (Å²) in [4.78, 5) is 20.9. The van der Waals surface area contributed by atoms with Crippen LogP contribution >= 0.6 is 11.6 Å². The Labute approximate surface area is 189 Å². The zero-order valence-corrected chi connectivity index (χ0v) is 18.2. The number of aromatic nitrogens is 2. The van der Waals surface area contributed by atoms with Crippen molar-refractivity contribution < 1.29 is 18.3 Å². The number of anilines is 3. The first-order valence-electron chi connectivity index (χ1n) is 9.73. The molecule has 0 bridgehead atoms. The van der Waals surface area contributed by atoms with Crippen molar-refractivity contribution in [3.8, 4) is 5.75 Å². The largest absolute Gasteiger partial charge is 0.484 e. The van der Waals surface area contributed by atoms with Gasteiger partial charge in [0.1, 0.15) is 12.4 Å². The van der Waals surface area contributed by atoms with Crippen molar-refractivity contribution in [2.45, 2.75) is 6.10 Å². The number of nitrogens with zero attached hydrogens (tertiary/aromatic N) is 3. The van der Waals surface area contributed by atoms with Gasteiger partial charge in [0.05, 0.1) is 19.3 Å². The molecule has 0 unspecified atom stereocenters. The average Bonchev–Trinajstić information content (AvgIpc) is 2.74. The average molecular weight is 462 g/mol. The molecule has 3 aromatic rings. The maximum absolute atomic E-state index is 14.1. The summed E-state index contributed by atoms with van der Waals surface area (Å²) in [6, 6.07) is 10.8. The van der Waals surface area contributed by atoms with Gasteiger partial charge in [0.15, 0.2) is 23.2 Å². The highest BCUT2D eigenvalue weighted by Gasteiger charge is 2.31. The fraction of sp³-hybridized carbons (Fsp3) is 0.227. The minimum Gasteiger partial charge on any atom is -0.484 e. The second-order valence-electron chi connectivity index (χ2n) is 6.95. The summed E-state index contributed by atoms with van der Waals surface area (Å²) in [6.45, 7) is 0.849. The summed E-state index contributed by atoms with van der Waals surface area (Å²) in [5, 5.41) is 5.89. The molecule has 1 aliphatic rings. The van der Waals surface area contributed by atoms with Gasteiger partial charge in [-0.25, -0.2) is 13.8 Å². The molecule has 2 heterocycles. The van der Waals surface area contributed by atoms with E-state index in [1.54, 1.807) is 35.2 Å².